The molecule has 1 spiro atoms. The lowest BCUT2D eigenvalue weighted by Gasteiger charge is -2.50. The van der Waals surface area contributed by atoms with Crippen molar-refractivity contribution in [3.8, 4) is 0 Å². The van der Waals surface area contributed by atoms with E-state index in [2.05, 4.69) is 44.6 Å². The summed E-state index contributed by atoms with van der Waals surface area (Å²) in [5.41, 5.74) is 5.30. The van der Waals surface area contributed by atoms with Gasteiger partial charge in [-0.1, -0.05) is 6.92 Å². The van der Waals surface area contributed by atoms with Crippen molar-refractivity contribution >= 4 is 16.3 Å². The average Bonchev–Trinajstić information content (AvgIpc) is 3.36. The largest absolute Gasteiger partial charge is 0.348 e. The number of hydrogen-bond donors (Lipinski definition) is 1. The molecule has 6 nitrogen and oxygen atoms in total. The van der Waals surface area contributed by atoms with Crippen LogP contribution in [0.5, 0.6) is 0 Å². The first-order valence-electron chi connectivity index (χ1n) is 9.62. The molecular weight excluding hydrogens is 344 g/mol. The van der Waals surface area contributed by atoms with Crippen molar-refractivity contribution in [2.75, 3.05) is 26.2 Å². The fraction of sp³-hybridized carbons (Fsp3) is 0.579. The fourth-order valence-corrected chi connectivity index (χ4v) is 5.74. The Kier molecular flexibility index (Phi) is 3.92. The molecule has 0 bridgehead atoms. The van der Waals surface area contributed by atoms with E-state index in [0.717, 1.165) is 56.9 Å². The highest BCUT2D eigenvalue weighted by molar-refractivity contribution is 7.15. The first-order chi connectivity index (χ1) is 12.7. The topological polar surface area (TPSA) is 52.5 Å². The molecule has 0 radical (unpaired) electrons. The molecule has 3 aromatic rings. The number of H-pyrrole nitrogens is 1. The van der Waals surface area contributed by atoms with Crippen LogP contribution in [0.1, 0.15) is 42.5 Å². The molecule has 0 atom stereocenters. The molecule has 0 saturated carbocycles. The van der Waals surface area contributed by atoms with Crippen molar-refractivity contribution in [3.05, 3.63) is 40.7 Å². The first-order valence-corrected chi connectivity index (χ1v) is 10.5. The number of likely N-dealkylation sites (N-methyl/N-ethyl adjacent to an activating group) is 1. The molecule has 7 heteroatoms. The number of nitrogens with zero attached hydrogens (tertiary/aromatic N) is 5. The minimum Gasteiger partial charge on any atom is -0.348 e. The molecule has 26 heavy (non-hydrogen) atoms. The lowest BCUT2D eigenvalue weighted by molar-refractivity contribution is 0.00671. The summed E-state index contributed by atoms with van der Waals surface area (Å²) in [6.45, 7) is 9.87. The second-order valence-electron chi connectivity index (χ2n) is 7.57. The van der Waals surface area contributed by atoms with Crippen LogP contribution < -0.4 is 0 Å². The number of imidazole rings is 2. The number of piperidine rings is 1. The predicted octanol–water partition coefficient (Wildman–Crippen LogP) is 2.80. The normalized spacial score (nSPS) is 20.8. The van der Waals surface area contributed by atoms with E-state index in [-0.39, 0.29) is 5.54 Å². The van der Waals surface area contributed by atoms with Crippen molar-refractivity contribution in [1.82, 2.24) is 29.2 Å². The van der Waals surface area contributed by atoms with Gasteiger partial charge in [-0.15, -0.1) is 11.3 Å². The maximum absolute atomic E-state index is 4.75. The fourth-order valence-electron chi connectivity index (χ4n) is 4.96. The Morgan fingerprint density at radius 2 is 2.12 bits per heavy atom. The standard InChI is InChI=1S/C19H26N6S/c1-3-24-7-4-15-17(21-13-20-15)19(24)5-8-23(9-6-19)12-16-14(2)22-18-25(16)10-11-26-18/h10-11,13H,3-9,12H2,1-2H3,(H,20,21). The number of aryl methyl sites for hydroxylation is 1. The van der Waals surface area contributed by atoms with Gasteiger partial charge in [0.05, 0.1) is 28.9 Å². The first kappa shape index (κ1) is 16.5. The highest BCUT2D eigenvalue weighted by Gasteiger charge is 2.45. The van der Waals surface area contributed by atoms with Gasteiger partial charge in [-0.2, -0.15) is 0 Å². The third kappa shape index (κ3) is 2.37. The van der Waals surface area contributed by atoms with E-state index in [1.807, 2.05) is 6.33 Å². The number of aromatic nitrogens is 4. The second-order valence-corrected chi connectivity index (χ2v) is 8.44. The van der Waals surface area contributed by atoms with Gasteiger partial charge in [-0.25, -0.2) is 9.97 Å². The highest BCUT2D eigenvalue weighted by Crippen LogP contribution is 2.42. The highest BCUT2D eigenvalue weighted by atomic mass is 32.1. The van der Waals surface area contributed by atoms with Crippen molar-refractivity contribution in [2.24, 2.45) is 0 Å². The maximum Gasteiger partial charge on any atom is 0.194 e. The summed E-state index contributed by atoms with van der Waals surface area (Å²) in [4.78, 5) is 19.2. The van der Waals surface area contributed by atoms with Crippen molar-refractivity contribution < 1.29 is 0 Å². The molecule has 0 unspecified atom stereocenters. The third-order valence-corrected chi connectivity index (χ3v) is 7.15. The lowest BCUT2D eigenvalue weighted by Crippen LogP contribution is -2.56. The van der Waals surface area contributed by atoms with Gasteiger partial charge in [-0.05, 0) is 26.3 Å². The summed E-state index contributed by atoms with van der Waals surface area (Å²) in [7, 11) is 0. The van der Waals surface area contributed by atoms with Gasteiger partial charge in [0.15, 0.2) is 4.96 Å². The predicted molar refractivity (Wildman–Crippen MR) is 104 cm³/mol. The molecule has 0 aromatic carbocycles. The quantitative estimate of drug-likeness (QED) is 0.770. The van der Waals surface area contributed by atoms with E-state index in [0.29, 0.717) is 0 Å². The molecule has 1 N–H and O–H groups in total. The van der Waals surface area contributed by atoms with Crippen molar-refractivity contribution in [2.45, 2.75) is 45.2 Å². The number of rotatable bonds is 3. The van der Waals surface area contributed by atoms with Crippen LogP contribution in [0.2, 0.25) is 0 Å². The van der Waals surface area contributed by atoms with Crippen LogP contribution in [0.15, 0.2) is 17.9 Å². The Morgan fingerprint density at radius 3 is 2.92 bits per heavy atom. The van der Waals surface area contributed by atoms with Crippen LogP contribution in [0.3, 0.4) is 0 Å². The molecule has 2 aliphatic heterocycles. The van der Waals surface area contributed by atoms with Crippen molar-refractivity contribution in [3.63, 3.8) is 0 Å². The van der Waals surface area contributed by atoms with Gasteiger partial charge < -0.3 is 4.98 Å². The molecule has 5 heterocycles. The molecule has 5 rings (SSSR count). The Hall–Kier alpha value is -1.70. The molecule has 0 amide bonds. The maximum atomic E-state index is 4.75. The van der Waals surface area contributed by atoms with E-state index in [1.165, 1.54) is 22.8 Å². The van der Waals surface area contributed by atoms with Gasteiger partial charge in [0.2, 0.25) is 0 Å². The minimum absolute atomic E-state index is 0.128. The molecule has 1 saturated heterocycles. The Bertz CT molecular complexity index is 914. The van der Waals surface area contributed by atoms with E-state index in [9.17, 15) is 0 Å². The number of fused-ring (bicyclic) bond motifs is 3. The van der Waals surface area contributed by atoms with Crippen LogP contribution in [-0.2, 0) is 18.5 Å². The molecule has 2 aliphatic rings. The summed E-state index contributed by atoms with van der Waals surface area (Å²) >= 11 is 1.71. The number of aromatic amines is 1. The minimum atomic E-state index is 0.128. The molecular formula is C19H26N6S. The van der Waals surface area contributed by atoms with Gasteiger partial charge >= 0.3 is 0 Å². The monoisotopic (exact) mass is 370 g/mol. The number of likely N-dealkylation sites (tertiary alicyclic amines) is 1. The Balaban J connectivity index is 1.38. The SMILES string of the molecule is CCN1CCc2[nH]cnc2C12CCN(Cc1c(C)nc3sccn13)CC2. The Labute approximate surface area is 157 Å². The zero-order valence-corrected chi connectivity index (χ0v) is 16.3. The summed E-state index contributed by atoms with van der Waals surface area (Å²) in [5, 5.41) is 2.12. The van der Waals surface area contributed by atoms with Crippen LogP contribution in [0.4, 0.5) is 0 Å². The second kappa shape index (κ2) is 6.18. The van der Waals surface area contributed by atoms with Crippen LogP contribution in [0, 0.1) is 6.92 Å². The third-order valence-electron chi connectivity index (χ3n) is 6.40. The zero-order valence-electron chi connectivity index (χ0n) is 15.5. The van der Waals surface area contributed by atoms with Crippen LogP contribution >= 0.6 is 11.3 Å². The number of thiazole rings is 1. The molecule has 1 fully saturated rings. The van der Waals surface area contributed by atoms with Crippen LogP contribution in [0.25, 0.3) is 4.96 Å². The van der Waals surface area contributed by atoms with Gasteiger partial charge in [0.1, 0.15) is 0 Å². The molecule has 0 aliphatic carbocycles. The summed E-state index contributed by atoms with van der Waals surface area (Å²) < 4.78 is 2.26. The van der Waals surface area contributed by atoms with Gasteiger partial charge in [-0.3, -0.25) is 14.2 Å². The van der Waals surface area contributed by atoms with Crippen molar-refractivity contribution in [1.29, 1.82) is 0 Å². The summed E-state index contributed by atoms with van der Waals surface area (Å²) in [5.74, 6) is 0. The van der Waals surface area contributed by atoms with E-state index in [4.69, 9.17) is 9.97 Å². The smallest absolute Gasteiger partial charge is 0.194 e. The van der Waals surface area contributed by atoms with E-state index >= 15 is 0 Å². The van der Waals surface area contributed by atoms with E-state index in [1.54, 1.807) is 11.3 Å². The van der Waals surface area contributed by atoms with Crippen LogP contribution in [-0.4, -0.2) is 55.3 Å². The zero-order chi connectivity index (χ0) is 17.7. The summed E-state index contributed by atoms with van der Waals surface area (Å²) in [6.07, 6.45) is 7.45. The molecule has 3 aromatic heterocycles. The average molecular weight is 371 g/mol. The summed E-state index contributed by atoms with van der Waals surface area (Å²) in [6, 6.07) is 0. The Morgan fingerprint density at radius 1 is 1.27 bits per heavy atom. The lowest BCUT2D eigenvalue weighted by atomic mass is 9.78. The van der Waals surface area contributed by atoms with Gasteiger partial charge in [0, 0.05) is 49.9 Å². The van der Waals surface area contributed by atoms with E-state index < -0.39 is 0 Å². The number of hydrogen-bond acceptors (Lipinski definition) is 5. The number of nitrogens with one attached hydrogen (secondary N) is 1. The van der Waals surface area contributed by atoms with Gasteiger partial charge in [0.25, 0.3) is 0 Å². The molecule has 138 valence electrons.